The number of hydrogen-bond donors (Lipinski definition) is 2. The highest BCUT2D eigenvalue weighted by molar-refractivity contribution is 7.98. The highest BCUT2D eigenvalue weighted by Gasteiger charge is 2.24. The van der Waals surface area contributed by atoms with E-state index in [1.54, 1.807) is 18.0 Å². The molecule has 2 aromatic heterocycles. The number of carbonyl (C=O) groups is 1. The molecule has 0 aliphatic heterocycles. The minimum atomic E-state index is -0.507. The Kier molecular flexibility index (Phi) is 7.05. The topological polar surface area (TPSA) is 137 Å². The van der Waals surface area contributed by atoms with Crippen LogP contribution in [0.15, 0.2) is 68.1 Å². The molecule has 0 atom stereocenters. The van der Waals surface area contributed by atoms with Crippen LogP contribution in [0, 0.1) is 6.92 Å². The average Bonchev–Trinajstić information content (AvgIpc) is 3.44. The minimum absolute atomic E-state index is 0.0418. The zero-order valence-electron chi connectivity index (χ0n) is 17.8. The van der Waals surface area contributed by atoms with Crippen LogP contribution >= 0.6 is 23.5 Å². The second kappa shape index (κ2) is 10.3. The Balaban J connectivity index is 1.55. The molecule has 2 heterocycles. The Labute approximate surface area is 198 Å². The smallest absolute Gasteiger partial charge is 0.293 e. The van der Waals surface area contributed by atoms with E-state index >= 15 is 0 Å². The summed E-state index contributed by atoms with van der Waals surface area (Å²) in [5.74, 6) is 0.0803. The maximum absolute atomic E-state index is 12.8. The third-order valence-electron chi connectivity index (χ3n) is 4.57. The van der Waals surface area contributed by atoms with Crippen molar-refractivity contribution in [2.75, 3.05) is 12.0 Å². The number of nitrogens with two attached hydrogens (primary N) is 1. The summed E-state index contributed by atoms with van der Waals surface area (Å²) in [4.78, 5) is 15.0. The average molecular weight is 481 g/mol. The molecule has 0 saturated carbocycles. The summed E-state index contributed by atoms with van der Waals surface area (Å²) in [6.07, 6.45) is 3.57. The molecule has 0 fully saturated rings. The van der Waals surface area contributed by atoms with Gasteiger partial charge >= 0.3 is 0 Å². The van der Waals surface area contributed by atoms with E-state index < -0.39 is 5.91 Å². The van der Waals surface area contributed by atoms with Crippen LogP contribution in [0.5, 0.6) is 0 Å². The van der Waals surface area contributed by atoms with E-state index in [1.807, 2.05) is 61.7 Å². The van der Waals surface area contributed by atoms with E-state index in [2.05, 4.69) is 35.8 Å². The third kappa shape index (κ3) is 5.41. The number of aryl methyl sites for hydroxylation is 1. The fraction of sp³-hybridized carbons (Fsp3) is 0.143. The Morgan fingerprint density at radius 3 is 2.55 bits per heavy atom. The molecule has 4 aromatic rings. The van der Waals surface area contributed by atoms with Crippen LogP contribution in [0.25, 0.3) is 5.82 Å². The van der Waals surface area contributed by atoms with Crippen molar-refractivity contribution in [2.45, 2.75) is 22.5 Å². The van der Waals surface area contributed by atoms with Crippen LogP contribution in [-0.2, 0) is 5.75 Å². The lowest BCUT2D eigenvalue weighted by atomic mass is 10.2. The summed E-state index contributed by atoms with van der Waals surface area (Å²) in [7, 11) is 0. The highest BCUT2D eigenvalue weighted by atomic mass is 32.2. The fourth-order valence-electron chi connectivity index (χ4n) is 2.81. The number of aromatic nitrogens is 5. The van der Waals surface area contributed by atoms with Crippen molar-refractivity contribution < 1.29 is 9.42 Å². The number of anilines is 1. The predicted octanol–water partition coefficient (Wildman–Crippen LogP) is 3.32. The molecule has 0 bridgehead atoms. The van der Waals surface area contributed by atoms with Crippen molar-refractivity contribution in [3.05, 3.63) is 71.0 Å². The number of nitrogens with zero attached hydrogens (tertiary/aromatic N) is 6. The maximum Gasteiger partial charge on any atom is 0.293 e. The fourth-order valence-corrected chi connectivity index (χ4v) is 4.11. The summed E-state index contributed by atoms with van der Waals surface area (Å²) in [6, 6.07) is 15.9. The van der Waals surface area contributed by atoms with Gasteiger partial charge in [-0.25, -0.2) is 10.1 Å². The van der Waals surface area contributed by atoms with Gasteiger partial charge in [0.1, 0.15) is 0 Å². The lowest BCUT2D eigenvalue weighted by Crippen LogP contribution is -2.20. The molecule has 0 saturated heterocycles. The van der Waals surface area contributed by atoms with Gasteiger partial charge in [0, 0.05) is 15.5 Å². The molecule has 0 radical (unpaired) electrons. The van der Waals surface area contributed by atoms with Crippen LogP contribution in [0.3, 0.4) is 0 Å². The first kappa shape index (κ1) is 22.6. The summed E-state index contributed by atoms with van der Waals surface area (Å²) in [6.45, 7) is 2.02. The zero-order valence-corrected chi connectivity index (χ0v) is 19.4. The Morgan fingerprint density at radius 1 is 1.15 bits per heavy atom. The van der Waals surface area contributed by atoms with Gasteiger partial charge in [0.25, 0.3) is 5.91 Å². The van der Waals surface area contributed by atoms with Crippen molar-refractivity contribution in [3.63, 3.8) is 0 Å². The van der Waals surface area contributed by atoms with Crippen LogP contribution in [-0.4, -0.2) is 43.7 Å². The largest absolute Gasteiger partial charge is 0.378 e. The lowest BCUT2D eigenvalue weighted by molar-refractivity contribution is 0.0949. The molecule has 0 unspecified atom stereocenters. The molecule has 12 heteroatoms. The number of nitrogens with one attached hydrogen (secondary N) is 1. The zero-order chi connectivity index (χ0) is 23.2. The van der Waals surface area contributed by atoms with Gasteiger partial charge in [-0.05, 0) is 53.3 Å². The highest BCUT2D eigenvalue weighted by Crippen LogP contribution is 2.26. The first-order chi connectivity index (χ1) is 16.0. The molecule has 2 aromatic carbocycles. The first-order valence-corrected chi connectivity index (χ1v) is 12.0. The van der Waals surface area contributed by atoms with E-state index in [0.29, 0.717) is 11.4 Å². The molecule has 4 rings (SSSR count). The van der Waals surface area contributed by atoms with Gasteiger partial charge < -0.3 is 5.73 Å². The molecule has 3 N–H and O–H groups in total. The molecule has 0 spiro atoms. The first-order valence-electron chi connectivity index (χ1n) is 9.75. The van der Waals surface area contributed by atoms with E-state index in [0.717, 1.165) is 20.9 Å². The van der Waals surface area contributed by atoms with Crippen molar-refractivity contribution in [1.82, 2.24) is 30.7 Å². The number of hydrogen-bond acceptors (Lipinski definition) is 10. The van der Waals surface area contributed by atoms with Gasteiger partial charge in [-0.2, -0.15) is 9.78 Å². The van der Waals surface area contributed by atoms with E-state index in [4.69, 9.17) is 5.73 Å². The molecule has 1 amide bonds. The van der Waals surface area contributed by atoms with Crippen LogP contribution < -0.4 is 11.2 Å². The van der Waals surface area contributed by atoms with Crippen molar-refractivity contribution in [1.29, 1.82) is 0 Å². The number of nitrogen functional groups attached to an aromatic ring is 1. The number of benzene rings is 2. The van der Waals surface area contributed by atoms with E-state index in [9.17, 15) is 4.79 Å². The molecule has 0 aliphatic carbocycles. The van der Waals surface area contributed by atoms with Crippen molar-refractivity contribution in [2.24, 2.45) is 5.10 Å². The van der Waals surface area contributed by atoms with Crippen LogP contribution in [0.4, 0.5) is 5.82 Å². The van der Waals surface area contributed by atoms with Gasteiger partial charge in [0.2, 0.25) is 11.6 Å². The van der Waals surface area contributed by atoms with Crippen molar-refractivity contribution in [3.8, 4) is 5.82 Å². The SMILES string of the molecule is CSc1ccc(/C=N/NC(=O)c2nnn(-c3nonc3N)c2CSc2ccc(C)cc2)cc1. The summed E-state index contributed by atoms with van der Waals surface area (Å²) in [5.41, 5.74) is 10.9. The monoisotopic (exact) mass is 480 g/mol. The Hall–Kier alpha value is -3.64. The van der Waals surface area contributed by atoms with E-state index in [1.165, 1.54) is 16.4 Å². The molecule has 0 aliphatic rings. The second-order valence-corrected chi connectivity index (χ2v) is 8.77. The summed E-state index contributed by atoms with van der Waals surface area (Å²) in [5, 5.41) is 19.5. The predicted molar refractivity (Wildman–Crippen MR) is 128 cm³/mol. The summed E-state index contributed by atoms with van der Waals surface area (Å²) >= 11 is 3.17. The minimum Gasteiger partial charge on any atom is -0.378 e. The molecule has 10 nitrogen and oxygen atoms in total. The normalized spacial score (nSPS) is 11.2. The van der Waals surface area contributed by atoms with Gasteiger partial charge in [-0.3, -0.25) is 4.79 Å². The molecule has 33 heavy (non-hydrogen) atoms. The van der Waals surface area contributed by atoms with E-state index in [-0.39, 0.29) is 17.3 Å². The number of rotatable bonds is 8. The third-order valence-corrected chi connectivity index (χ3v) is 6.33. The standard InChI is InChI=1S/C21H20N8O2S2/c1-13-3-7-16(8-4-13)33-12-17-18(24-28-29(17)20-19(22)26-31-27-20)21(30)25-23-11-14-5-9-15(32-2)10-6-14/h3-11H,12H2,1-2H3,(H2,22,26)(H,25,30)/b23-11+. The Bertz CT molecular complexity index is 1270. The molecule has 168 valence electrons. The van der Waals surface area contributed by atoms with Gasteiger partial charge in [-0.15, -0.1) is 28.6 Å². The van der Waals surface area contributed by atoms with Gasteiger partial charge in [-0.1, -0.05) is 35.0 Å². The Morgan fingerprint density at radius 2 is 1.88 bits per heavy atom. The maximum atomic E-state index is 12.8. The second-order valence-electron chi connectivity index (χ2n) is 6.84. The number of amides is 1. The molecular weight excluding hydrogens is 460 g/mol. The lowest BCUT2D eigenvalue weighted by Gasteiger charge is -2.06. The quantitative estimate of drug-likeness (QED) is 0.221. The summed E-state index contributed by atoms with van der Waals surface area (Å²) < 4.78 is 6.04. The number of carbonyl (C=O) groups excluding carboxylic acids is 1. The number of hydrazone groups is 1. The van der Waals surface area contributed by atoms with Gasteiger partial charge in [0.05, 0.1) is 11.9 Å². The van der Waals surface area contributed by atoms with Crippen molar-refractivity contribution >= 4 is 41.5 Å². The number of thioether (sulfide) groups is 2. The molecular formula is C21H20N8O2S2. The van der Waals surface area contributed by atoms with Crippen LogP contribution in [0.1, 0.15) is 27.3 Å². The van der Waals surface area contributed by atoms with Crippen LogP contribution in [0.2, 0.25) is 0 Å². The van der Waals surface area contributed by atoms with Gasteiger partial charge in [0.15, 0.2) is 5.69 Å².